The van der Waals surface area contributed by atoms with Gasteiger partial charge in [-0.3, -0.25) is 9.59 Å². The number of para-hydroxylation sites is 1. The first kappa shape index (κ1) is 18.5. The molecule has 26 heavy (non-hydrogen) atoms. The molecular formula is C21H28N2O3. The van der Waals surface area contributed by atoms with Crippen molar-refractivity contribution in [3.8, 4) is 0 Å². The number of amides is 1. The summed E-state index contributed by atoms with van der Waals surface area (Å²) in [5.74, 6) is -0.345. The average molecular weight is 356 g/mol. The number of fused-ring (bicyclic) bond motifs is 1. The van der Waals surface area contributed by atoms with Crippen LogP contribution in [0.2, 0.25) is 0 Å². The Hall–Kier alpha value is -2.30. The molecule has 0 radical (unpaired) electrons. The molecule has 140 valence electrons. The summed E-state index contributed by atoms with van der Waals surface area (Å²) in [5.41, 5.74) is 2.33. The van der Waals surface area contributed by atoms with Crippen molar-refractivity contribution in [2.45, 2.75) is 51.4 Å². The van der Waals surface area contributed by atoms with E-state index in [0.717, 1.165) is 44.3 Å². The maximum Gasteiger partial charge on any atom is 0.306 e. The van der Waals surface area contributed by atoms with Crippen LogP contribution in [0.5, 0.6) is 0 Å². The molecule has 1 aliphatic heterocycles. The summed E-state index contributed by atoms with van der Waals surface area (Å²) in [6.45, 7) is 1.46. The second-order valence-electron chi connectivity index (χ2n) is 7.02. The number of hydrogen-bond donors (Lipinski definition) is 1. The number of esters is 1. The fraction of sp³-hybridized carbons (Fsp3) is 0.524. The average Bonchev–Trinajstić information content (AvgIpc) is 3.03. The molecule has 1 aromatic carbocycles. The van der Waals surface area contributed by atoms with Crippen LogP contribution >= 0.6 is 0 Å². The zero-order valence-corrected chi connectivity index (χ0v) is 15.3. The third-order valence-electron chi connectivity index (χ3n) is 5.07. The van der Waals surface area contributed by atoms with Crippen molar-refractivity contribution < 1.29 is 14.3 Å². The lowest BCUT2D eigenvalue weighted by Gasteiger charge is -2.24. The fourth-order valence-corrected chi connectivity index (χ4v) is 3.56. The van der Waals surface area contributed by atoms with Crippen molar-refractivity contribution in [3.63, 3.8) is 0 Å². The number of carbonyl (C=O) groups excluding carboxylic acids is 2. The van der Waals surface area contributed by atoms with Gasteiger partial charge in [0.2, 0.25) is 0 Å². The third kappa shape index (κ3) is 5.10. The number of likely N-dealkylation sites (tertiary alicyclic amines) is 1. The van der Waals surface area contributed by atoms with Crippen LogP contribution < -0.4 is 0 Å². The number of carbonyl (C=O) groups is 2. The number of aromatic amines is 1. The van der Waals surface area contributed by atoms with Crippen molar-refractivity contribution in [2.75, 3.05) is 19.7 Å². The first-order valence-electron chi connectivity index (χ1n) is 9.72. The Labute approximate surface area is 154 Å². The SMILES string of the molecule is O=C(CCCc1c[nH]c2ccccc12)OCC(=O)N1CCCCCCC1. The molecule has 1 fully saturated rings. The molecule has 1 amide bonds. The predicted molar refractivity (Wildman–Crippen MR) is 102 cm³/mol. The Balaban J connectivity index is 1.38. The summed E-state index contributed by atoms with van der Waals surface area (Å²) in [5, 5.41) is 1.20. The molecule has 5 heteroatoms. The summed E-state index contributed by atoms with van der Waals surface area (Å²) >= 11 is 0. The van der Waals surface area contributed by atoms with Crippen LogP contribution in [0, 0.1) is 0 Å². The second kappa shape index (κ2) is 9.41. The van der Waals surface area contributed by atoms with Crippen molar-refractivity contribution in [2.24, 2.45) is 0 Å². The molecule has 1 aromatic heterocycles. The Morgan fingerprint density at radius 1 is 1.04 bits per heavy atom. The number of nitrogens with zero attached hydrogens (tertiary/aromatic N) is 1. The van der Waals surface area contributed by atoms with Gasteiger partial charge in [-0.25, -0.2) is 0 Å². The molecular weight excluding hydrogens is 328 g/mol. The van der Waals surface area contributed by atoms with E-state index >= 15 is 0 Å². The Bertz CT molecular complexity index is 730. The van der Waals surface area contributed by atoms with Crippen molar-refractivity contribution in [1.82, 2.24) is 9.88 Å². The zero-order chi connectivity index (χ0) is 18.2. The maximum atomic E-state index is 12.2. The normalized spacial score (nSPS) is 15.5. The van der Waals surface area contributed by atoms with Gasteiger partial charge in [0.25, 0.3) is 5.91 Å². The molecule has 2 heterocycles. The predicted octanol–water partition coefficient (Wildman–Crippen LogP) is 3.83. The van der Waals surface area contributed by atoms with Gasteiger partial charge in [-0.2, -0.15) is 0 Å². The lowest BCUT2D eigenvalue weighted by molar-refractivity contribution is -0.152. The molecule has 1 aliphatic rings. The minimum atomic E-state index is -0.287. The summed E-state index contributed by atoms with van der Waals surface area (Å²) in [6.07, 6.45) is 9.59. The summed E-state index contributed by atoms with van der Waals surface area (Å²) in [4.78, 5) is 29.3. The number of H-pyrrole nitrogens is 1. The first-order valence-corrected chi connectivity index (χ1v) is 9.72. The minimum Gasteiger partial charge on any atom is -0.456 e. The fourth-order valence-electron chi connectivity index (χ4n) is 3.56. The number of aryl methyl sites for hydroxylation is 1. The lowest BCUT2D eigenvalue weighted by Crippen LogP contribution is -2.36. The standard InChI is InChI=1S/C21H28N2O3/c24-20(23-13-6-2-1-3-7-14-23)16-26-21(25)12-8-9-17-15-22-19-11-5-4-10-18(17)19/h4-5,10-11,15,22H,1-3,6-9,12-14,16H2. The van der Waals surface area contributed by atoms with E-state index in [9.17, 15) is 9.59 Å². The molecule has 3 rings (SSSR count). The largest absolute Gasteiger partial charge is 0.456 e. The highest BCUT2D eigenvalue weighted by Gasteiger charge is 2.16. The molecule has 0 atom stereocenters. The highest BCUT2D eigenvalue weighted by Crippen LogP contribution is 2.19. The Morgan fingerprint density at radius 3 is 2.58 bits per heavy atom. The van der Waals surface area contributed by atoms with Gasteiger partial charge in [0.15, 0.2) is 6.61 Å². The Kier molecular flexibility index (Phi) is 6.69. The third-order valence-corrected chi connectivity index (χ3v) is 5.07. The second-order valence-corrected chi connectivity index (χ2v) is 7.02. The van der Waals surface area contributed by atoms with Gasteiger partial charge in [-0.1, -0.05) is 37.5 Å². The molecule has 0 saturated carbocycles. The smallest absolute Gasteiger partial charge is 0.306 e. The first-order chi connectivity index (χ1) is 12.7. The lowest BCUT2D eigenvalue weighted by atomic mass is 10.1. The quantitative estimate of drug-likeness (QED) is 0.800. The molecule has 2 aromatic rings. The highest BCUT2D eigenvalue weighted by atomic mass is 16.5. The van der Waals surface area contributed by atoms with Crippen LogP contribution in [0.4, 0.5) is 0 Å². The maximum absolute atomic E-state index is 12.2. The van der Waals surface area contributed by atoms with E-state index in [1.165, 1.54) is 30.2 Å². The summed E-state index contributed by atoms with van der Waals surface area (Å²) in [7, 11) is 0. The van der Waals surface area contributed by atoms with Crippen molar-refractivity contribution in [3.05, 3.63) is 36.0 Å². The van der Waals surface area contributed by atoms with Crippen LogP contribution in [0.25, 0.3) is 10.9 Å². The number of hydrogen-bond acceptors (Lipinski definition) is 3. The molecule has 0 aliphatic carbocycles. The van der Waals surface area contributed by atoms with Crippen LogP contribution in [-0.4, -0.2) is 41.5 Å². The van der Waals surface area contributed by atoms with Gasteiger partial charge >= 0.3 is 5.97 Å². The van der Waals surface area contributed by atoms with Gasteiger partial charge in [-0.05, 0) is 37.3 Å². The van der Waals surface area contributed by atoms with Crippen LogP contribution in [0.15, 0.2) is 30.5 Å². The number of benzene rings is 1. The van der Waals surface area contributed by atoms with E-state index in [1.54, 1.807) is 0 Å². The van der Waals surface area contributed by atoms with Gasteiger partial charge in [0, 0.05) is 36.6 Å². The van der Waals surface area contributed by atoms with Crippen LogP contribution in [0.3, 0.4) is 0 Å². The van der Waals surface area contributed by atoms with Gasteiger partial charge < -0.3 is 14.6 Å². The Morgan fingerprint density at radius 2 is 1.77 bits per heavy atom. The molecule has 5 nitrogen and oxygen atoms in total. The van der Waals surface area contributed by atoms with Crippen molar-refractivity contribution >= 4 is 22.8 Å². The van der Waals surface area contributed by atoms with E-state index < -0.39 is 0 Å². The van der Waals surface area contributed by atoms with E-state index in [-0.39, 0.29) is 18.5 Å². The molecule has 1 N–H and O–H groups in total. The number of nitrogens with one attached hydrogen (secondary N) is 1. The molecule has 1 saturated heterocycles. The van der Waals surface area contributed by atoms with E-state index in [0.29, 0.717) is 6.42 Å². The monoisotopic (exact) mass is 356 g/mol. The number of ether oxygens (including phenoxy) is 1. The summed E-state index contributed by atoms with van der Waals surface area (Å²) < 4.78 is 5.20. The van der Waals surface area contributed by atoms with E-state index in [4.69, 9.17) is 4.74 Å². The summed E-state index contributed by atoms with van der Waals surface area (Å²) in [6, 6.07) is 8.15. The molecule has 0 unspecified atom stereocenters. The number of aromatic nitrogens is 1. The van der Waals surface area contributed by atoms with Crippen LogP contribution in [-0.2, 0) is 20.7 Å². The molecule has 0 spiro atoms. The van der Waals surface area contributed by atoms with Gasteiger partial charge in [0.05, 0.1) is 0 Å². The van der Waals surface area contributed by atoms with E-state index in [2.05, 4.69) is 11.1 Å². The van der Waals surface area contributed by atoms with Gasteiger partial charge in [-0.15, -0.1) is 0 Å². The van der Waals surface area contributed by atoms with E-state index in [1.807, 2.05) is 29.3 Å². The topological polar surface area (TPSA) is 62.4 Å². The van der Waals surface area contributed by atoms with Crippen molar-refractivity contribution in [1.29, 1.82) is 0 Å². The minimum absolute atomic E-state index is 0.0584. The highest BCUT2D eigenvalue weighted by molar-refractivity contribution is 5.83. The van der Waals surface area contributed by atoms with Crippen LogP contribution in [0.1, 0.15) is 50.5 Å². The number of rotatable bonds is 6. The zero-order valence-electron chi connectivity index (χ0n) is 15.3. The van der Waals surface area contributed by atoms with Gasteiger partial charge in [0.1, 0.15) is 0 Å². The molecule has 0 bridgehead atoms.